The molecule has 2 rings (SSSR count). The van der Waals surface area contributed by atoms with Crippen LogP contribution < -0.4 is 4.74 Å². The van der Waals surface area contributed by atoms with Crippen LogP contribution in [0.1, 0.15) is 45.2 Å². The second kappa shape index (κ2) is 8.85. The van der Waals surface area contributed by atoms with E-state index in [1.165, 1.54) is 0 Å². The lowest BCUT2D eigenvalue weighted by Gasteiger charge is -2.30. The summed E-state index contributed by atoms with van der Waals surface area (Å²) in [5.41, 5.74) is 1.10. The summed E-state index contributed by atoms with van der Waals surface area (Å²) in [6, 6.07) is 7.96. The number of amides is 1. The number of ether oxygens (including phenoxy) is 1. The predicted octanol–water partition coefficient (Wildman–Crippen LogP) is 2.54. The van der Waals surface area contributed by atoms with E-state index >= 15 is 0 Å². The number of aliphatic carboxylic acids is 1. The Morgan fingerprint density at radius 3 is 2.52 bits per heavy atom. The van der Waals surface area contributed by atoms with Crippen molar-refractivity contribution in [2.24, 2.45) is 0 Å². The third kappa shape index (κ3) is 5.19. The summed E-state index contributed by atoms with van der Waals surface area (Å²) in [6.45, 7) is 7.12. The van der Waals surface area contributed by atoms with Gasteiger partial charge in [-0.3, -0.25) is 14.5 Å². The van der Waals surface area contributed by atoms with Gasteiger partial charge in [0.25, 0.3) is 0 Å². The molecule has 0 radical (unpaired) electrons. The summed E-state index contributed by atoms with van der Waals surface area (Å²) in [7, 11) is 0. The molecule has 1 atom stereocenters. The molecule has 1 unspecified atom stereocenters. The van der Waals surface area contributed by atoms with Gasteiger partial charge < -0.3 is 14.7 Å². The largest absolute Gasteiger partial charge is 0.494 e. The van der Waals surface area contributed by atoms with Crippen LogP contribution in [0.2, 0.25) is 0 Å². The number of benzene rings is 1. The molecule has 1 aromatic carbocycles. The zero-order valence-corrected chi connectivity index (χ0v) is 15.3. The highest BCUT2D eigenvalue weighted by Gasteiger charge is 2.31. The molecule has 1 aliphatic rings. The van der Waals surface area contributed by atoms with Gasteiger partial charge in [-0.15, -0.1) is 0 Å². The van der Waals surface area contributed by atoms with Gasteiger partial charge in [-0.25, -0.2) is 0 Å². The van der Waals surface area contributed by atoms with Crippen molar-refractivity contribution in [3.8, 4) is 5.75 Å². The number of carboxylic acid groups (broad SMARTS) is 1. The van der Waals surface area contributed by atoms with E-state index in [-0.39, 0.29) is 31.1 Å². The highest BCUT2D eigenvalue weighted by atomic mass is 16.5. The lowest BCUT2D eigenvalue weighted by molar-refractivity contribution is -0.140. The van der Waals surface area contributed by atoms with Gasteiger partial charge in [0, 0.05) is 12.6 Å². The van der Waals surface area contributed by atoms with Crippen LogP contribution in [-0.4, -0.2) is 59.1 Å². The summed E-state index contributed by atoms with van der Waals surface area (Å²) < 4.78 is 5.47. The molecule has 0 bridgehead atoms. The number of carboxylic acids is 1. The van der Waals surface area contributed by atoms with Crippen molar-refractivity contribution in [2.75, 3.05) is 26.2 Å². The van der Waals surface area contributed by atoms with E-state index in [9.17, 15) is 9.59 Å². The van der Waals surface area contributed by atoms with Crippen LogP contribution in [0, 0.1) is 0 Å². The van der Waals surface area contributed by atoms with Crippen LogP contribution in [0.15, 0.2) is 24.3 Å². The Morgan fingerprint density at radius 2 is 1.96 bits per heavy atom. The van der Waals surface area contributed by atoms with E-state index in [4.69, 9.17) is 9.84 Å². The van der Waals surface area contributed by atoms with Gasteiger partial charge in [-0.2, -0.15) is 0 Å². The van der Waals surface area contributed by atoms with Crippen LogP contribution >= 0.6 is 0 Å². The fourth-order valence-electron chi connectivity index (χ4n) is 3.22. The molecule has 0 aliphatic carbocycles. The predicted molar refractivity (Wildman–Crippen MR) is 95.6 cm³/mol. The Balaban J connectivity index is 2.06. The molecule has 6 heteroatoms. The molecule has 6 nitrogen and oxygen atoms in total. The Labute approximate surface area is 149 Å². The first-order valence-electron chi connectivity index (χ1n) is 8.90. The van der Waals surface area contributed by atoms with E-state index in [1.807, 2.05) is 49.9 Å². The average molecular weight is 348 g/mol. The van der Waals surface area contributed by atoms with Crippen molar-refractivity contribution >= 4 is 11.9 Å². The fraction of sp³-hybridized carbons (Fsp3) is 0.579. The van der Waals surface area contributed by atoms with Gasteiger partial charge >= 0.3 is 5.97 Å². The van der Waals surface area contributed by atoms with Gasteiger partial charge in [0.2, 0.25) is 5.91 Å². The Kier molecular flexibility index (Phi) is 6.82. The molecule has 1 fully saturated rings. The van der Waals surface area contributed by atoms with Gasteiger partial charge in [0.1, 0.15) is 5.75 Å². The third-order valence-electron chi connectivity index (χ3n) is 4.56. The third-order valence-corrected chi connectivity index (χ3v) is 4.56. The molecular weight excluding hydrogens is 320 g/mol. The number of hydrogen-bond donors (Lipinski definition) is 1. The number of likely N-dealkylation sites (tertiary alicyclic amines) is 1. The first kappa shape index (κ1) is 19.2. The lowest BCUT2D eigenvalue weighted by atomic mass is 10.0. The molecule has 138 valence electrons. The number of carbonyl (C=O) groups is 2. The molecule has 1 amide bonds. The molecule has 0 spiro atoms. The first-order chi connectivity index (χ1) is 11.9. The van der Waals surface area contributed by atoms with E-state index in [1.54, 1.807) is 4.90 Å². The maximum atomic E-state index is 12.8. The van der Waals surface area contributed by atoms with Gasteiger partial charge in [-0.1, -0.05) is 12.1 Å². The summed E-state index contributed by atoms with van der Waals surface area (Å²) in [4.78, 5) is 27.3. The summed E-state index contributed by atoms with van der Waals surface area (Å²) in [6.07, 6.45) is 1.89. The zero-order valence-electron chi connectivity index (χ0n) is 15.3. The highest BCUT2D eigenvalue weighted by molar-refractivity contribution is 5.80. The lowest BCUT2D eigenvalue weighted by Crippen LogP contribution is -2.44. The summed E-state index contributed by atoms with van der Waals surface area (Å²) in [5.74, 6) is -0.0908. The molecule has 25 heavy (non-hydrogen) atoms. The highest BCUT2D eigenvalue weighted by Crippen LogP contribution is 2.33. The molecule has 1 N–H and O–H groups in total. The quantitative estimate of drug-likeness (QED) is 0.782. The van der Waals surface area contributed by atoms with Crippen LogP contribution in [0.5, 0.6) is 5.75 Å². The minimum absolute atomic E-state index is 0.00609. The van der Waals surface area contributed by atoms with E-state index in [0.717, 1.165) is 30.7 Å². The van der Waals surface area contributed by atoms with E-state index < -0.39 is 5.97 Å². The molecule has 0 saturated carbocycles. The van der Waals surface area contributed by atoms with Crippen molar-refractivity contribution < 1.29 is 19.4 Å². The number of nitrogens with zero attached hydrogens (tertiary/aromatic N) is 2. The number of rotatable bonds is 8. The van der Waals surface area contributed by atoms with Crippen molar-refractivity contribution in [1.82, 2.24) is 9.80 Å². The minimum Gasteiger partial charge on any atom is -0.494 e. The van der Waals surface area contributed by atoms with E-state index in [2.05, 4.69) is 0 Å². The first-order valence-corrected chi connectivity index (χ1v) is 8.90. The molecular formula is C19H28N2O4. The summed E-state index contributed by atoms with van der Waals surface area (Å²) >= 11 is 0. The van der Waals surface area contributed by atoms with Gasteiger partial charge in [0.05, 0.1) is 25.7 Å². The maximum absolute atomic E-state index is 12.8. The van der Waals surface area contributed by atoms with E-state index in [0.29, 0.717) is 6.61 Å². The smallest absolute Gasteiger partial charge is 0.317 e. The van der Waals surface area contributed by atoms with Gasteiger partial charge in [0.15, 0.2) is 0 Å². The monoisotopic (exact) mass is 348 g/mol. The fourth-order valence-corrected chi connectivity index (χ4v) is 3.22. The Morgan fingerprint density at radius 1 is 1.28 bits per heavy atom. The topological polar surface area (TPSA) is 70.1 Å². The average Bonchev–Trinajstić information content (AvgIpc) is 3.04. The van der Waals surface area contributed by atoms with Crippen molar-refractivity contribution in [2.45, 2.75) is 45.7 Å². The normalized spacial score (nSPS) is 17.3. The van der Waals surface area contributed by atoms with Crippen LogP contribution in [0.3, 0.4) is 0 Å². The molecule has 1 aromatic rings. The van der Waals surface area contributed by atoms with Crippen LogP contribution in [0.4, 0.5) is 0 Å². The number of carbonyl (C=O) groups excluding carboxylic acids is 1. The minimum atomic E-state index is -0.911. The second-order valence-corrected chi connectivity index (χ2v) is 6.64. The van der Waals surface area contributed by atoms with Crippen LogP contribution in [0.25, 0.3) is 0 Å². The SMILES string of the molecule is CCOc1ccc(C2CCCN2C(=O)CN(CC(=O)O)C(C)C)cc1. The van der Waals surface area contributed by atoms with Crippen molar-refractivity contribution in [1.29, 1.82) is 0 Å². The maximum Gasteiger partial charge on any atom is 0.317 e. The van der Waals surface area contributed by atoms with Crippen molar-refractivity contribution in [3.05, 3.63) is 29.8 Å². The zero-order chi connectivity index (χ0) is 18.4. The molecule has 1 saturated heterocycles. The standard InChI is InChI=1S/C19H28N2O4/c1-4-25-16-9-7-15(8-10-16)17-6-5-11-21(17)18(22)12-20(14(2)3)13-19(23)24/h7-10,14,17H,4-6,11-13H2,1-3H3,(H,23,24). The number of hydrogen-bond acceptors (Lipinski definition) is 4. The van der Waals surface area contributed by atoms with Gasteiger partial charge in [-0.05, 0) is 51.3 Å². The molecule has 1 heterocycles. The molecule has 1 aliphatic heterocycles. The Hall–Kier alpha value is -2.08. The van der Waals surface area contributed by atoms with Crippen LogP contribution in [-0.2, 0) is 9.59 Å². The van der Waals surface area contributed by atoms with Crippen molar-refractivity contribution in [3.63, 3.8) is 0 Å². The summed E-state index contributed by atoms with van der Waals surface area (Å²) in [5, 5.41) is 9.03. The molecule has 0 aromatic heterocycles. The Bertz CT molecular complexity index is 586. The second-order valence-electron chi connectivity index (χ2n) is 6.64.